The van der Waals surface area contributed by atoms with Gasteiger partial charge in [-0.3, -0.25) is 0 Å². The lowest BCUT2D eigenvalue weighted by atomic mass is 9.94. The van der Waals surface area contributed by atoms with Gasteiger partial charge in [-0.1, -0.05) is 55.5 Å². The van der Waals surface area contributed by atoms with Gasteiger partial charge in [0.25, 0.3) is 0 Å². The molecule has 0 heterocycles. The Bertz CT molecular complexity index is 757. The molecule has 2 aromatic carbocycles. The first-order valence-electron chi connectivity index (χ1n) is 8.30. The Morgan fingerprint density at radius 1 is 1.15 bits per heavy atom. The summed E-state index contributed by atoms with van der Waals surface area (Å²) in [4.78, 5) is 12.3. The van der Waals surface area contributed by atoms with Crippen LogP contribution in [0.1, 0.15) is 25.0 Å². The molecule has 0 saturated carbocycles. The van der Waals surface area contributed by atoms with Crippen molar-refractivity contribution in [2.45, 2.75) is 26.0 Å². The van der Waals surface area contributed by atoms with E-state index in [4.69, 9.17) is 4.74 Å². The van der Waals surface area contributed by atoms with E-state index >= 15 is 0 Å². The molecular formula is C19H23FN2O3S. The molecule has 0 aromatic heterocycles. The number of carbonyl (C=O) groups excluding carboxylic acids is 1. The smallest absolute Gasteiger partial charge is 0.408 e. The van der Waals surface area contributed by atoms with Crippen molar-refractivity contribution in [3.05, 3.63) is 71.5 Å². The molecule has 0 aliphatic carbocycles. The van der Waals surface area contributed by atoms with Crippen molar-refractivity contribution >= 4 is 17.1 Å². The molecule has 2 unspecified atom stereocenters. The lowest BCUT2D eigenvalue weighted by Gasteiger charge is -2.30. The molecule has 2 atom stereocenters. The first-order chi connectivity index (χ1) is 12.4. The minimum atomic E-state index is -1.44. The van der Waals surface area contributed by atoms with E-state index in [0.717, 1.165) is 5.56 Å². The van der Waals surface area contributed by atoms with Crippen molar-refractivity contribution in [3.8, 4) is 0 Å². The van der Waals surface area contributed by atoms with E-state index in [1.54, 1.807) is 25.1 Å². The summed E-state index contributed by atoms with van der Waals surface area (Å²) in [6.07, 6.45) is -0.701. The fraction of sp³-hybridized carbons (Fsp3) is 0.316. The number of hydrogen-bond acceptors (Lipinski definition) is 3. The Morgan fingerprint density at radius 2 is 1.81 bits per heavy atom. The molecule has 0 spiro atoms. The molecule has 2 rings (SSSR count). The average Bonchev–Trinajstić information content (AvgIpc) is 2.61. The fourth-order valence-electron chi connectivity index (χ4n) is 2.55. The highest BCUT2D eigenvalue weighted by Gasteiger charge is 2.34. The van der Waals surface area contributed by atoms with E-state index in [-0.39, 0.29) is 17.9 Å². The Hall–Kier alpha value is -2.25. The summed E-state index contributed by atoms with van der Waals surface area (Å²) in [7, 11) is -1.44. The van der Waals surface area contributed by atoms with Crippen molar-refractivity contribution in [2.24, 2.45) is 0 Å². The highest BCUT2D eigenvalue weighted by atomic mass is 32.2. The van der Waals surface area contributed by atoms with Gasteiger partial charge in [0.15, 0.2) is 0 Å². The quantitative estimate of drug-likeness (QED) is 0.741. The molecule has 0 aliphatic heterocycles. The van der Waals surface area contributed by atoms with E-state index in [2.05, 4.69) is 10.0 Å². The standard InChI is InChI=1S/C19H23FN2O3S/c1-3-21-26(24)14-19(2,16-11-7-8-12-17(16)20)22-18(23)25-13-15-9-5-4-6-10-15/h4-12,21H,3,13-14H2,1-2H3,(H,22,23). The second kappa shape index (κ2) is 9.45. The van der Waals surface area contributed by atoms with E-state index < -0.39 is 28.4 Å². The van der Waals surface area contributed by atoms with Crippen molar-refractivity contribution < 1.29 is 18.1 Å². The van der Waals surface area contributed by atoms with Crippen LogP contribution in [0.5, 0.6) is 0 Å². The van der Waals surface area contributed by atoms with Gasteiger partial charge in [-0.15, -0.1) is 0 Å². The van der Waals surface area contributed by atoms with Crippen LogP contribution in [-0.2, 0) is 27.9 Å². The summed E-state index contributed by atoms with van der Waals surface area (Å²) in [5, 5.41) is 2.68. The molecule has 140 valence electrons. The van der Waals surface area contributed by atoms with Crippen LogP contribution in [0.15, 0.2) is 54.6 Å². The molecule has 0 radical (unpaired) electrons. The van der Waals surface area contributed by atoms with E-state index in [0.29, 0.717) is 6.54 Å². The second-order valence-electron chi connectivity index (χ2n) is 5.99. The predicted molar refractivity (Wildman–Crippen MR) is 100 cm³/mol. The highest BCUT2D eigenvalue weighted by molar-refractivity contribution is 7.83. The Morgan fingerprint density at radius 3 is 2.46 bits per heavy atom. The third-order valence-corrected chi connectivity index (χ3v) is 5.23. The van der Waals surface area contributed by atoms with E-state index in [1.165, 1.54) is 6.07 Å². The normalized spacial score (nSPS) is 14.3. The largest absolute Gasteiger partial charge is 0.445 e. The van der Waals surface area contributed by atoms with Crippen LogP contribution in [-0.4, -0.2) is 22.6 Å². The van der Waals surface area contributed by atoms with Crippen LogP contribution < -0.4 is 10.0 Å². The van der Waals surface area contributed by atoms with Crippen LogP contribution in [0.4, 0.5) is 9.18 Å². The minimum Gasteiger partial charge on any atom is -0.445 e. The number of nitrogens with one attached hydrogen (secondary N) is 2. The van der Waals surface area contributed by atoms with Gasteiger partial charge in [0, 0.05) is 12.1 Å². The van der Waals surface area contributed by atoms with Crippen molar-refractivity contribution in [3.63, 3.8) is 0 Å². The van der Waals surface area contributed by atoms with Crippen LogP contribution in [0.2, 0.25) is 0 Å². The summed E-state index contributed by atoms with van der Waals surface area (Å²) in [6, 6.07) is 15.3. The van der Waals surface area contributed by atoms with Crippen LogP contribution in [0, 0.1) is 5.82 Å². The maximum atomic E-state index is 14.3. The lowest BCUT2D eigenvalue weighted by Crippen LogP contribution is -2.49. The summed E-state index contributed by atoms with van der Waals surface area (Å²) < 4.78 is 34.5. The number of hydrogen-bond donors (Lipinski definition) is 2. The van der Waals surface area contributed by atoms with Crippen LogP contribution in [0.3, 0.4) is 0 Å². The summed E-state index contributed by atoms with van der Waals surface area (Å²) in [5.74, 6) is -0.478. The zero-order chi connectivity index (χ0) is 19.0. The Labute approximate surface area is 155 Å². The first kappa shape index (κ1) is 20.1. The van der Waals surface area contributed by atoms with Crippen molar-refractivity contribution in [2.75, 3.05) is 12.3 Å². The van der Waals surface area contributed by atoms with Crippen LogP contribution in [0.25, 0.3) is 0 Å². The topological polar surface area (TPSA) is 67.4 Å². The van der Waals surface area contributed by atoms with E-state index in [9.17, 15) is 13.4 Å². The van der Waals surface area contributed by atoms with Gasteiger partial charge in [0.1, 0.15) is 12.4 Å². The van der Waals surface area contributed by atoms with E-state index in [1.807, 2.05) is 37.3 Å². The maximum absolute atomic E-state index is 14.3. The molecule has 2 aromatic rings. The van der Waals surface area contributed by atoms with Crippen molar-refractivity contribution in [1.29, 1.82) is 0 Å². The molecule has 7 heteroatoms. The van der Waals surface area contributed by atoms with Gasteiger partial charge in [-0.05, 0) is 18.6 Å². The Kier molecular flexibility index (Phi) is 7.29. The van der Waals surface area contributed by atoms with Gasteiger partial charge >= 0.3 is 6.09 Å². The summed E-state index contributed by atoms with van der Waals surface area (Å²) in [5.41, 5.74) is -0.0963. The number of amides is 1. The minimum absolute atomic E-state index is 0.00219. The number of ether oxygens (including phenoxy) is 1. The average molecular weight is 378 g/mol. The first-order valence-corrected chi connectivity index (χ1v) is 9.62. The van der Waals surface area contributed by atoms with Crippen LogP contribution >= 0.6 is 0 Å². The third-order valence-electron chi connectivity index (χ3n) is 3.78. The molecule has 0 bridgehead atoms. The van der Waals surface area contributed by atoms with Gasteiger partial charge in [0.05, 0.1) is 22.3 Å². The summed E-state index contributed by atoms with van der Waals surface area (Å²) >= 11 is 0. The number of alkyl carbamates (subject to hydrolysis) is 1. The SMILES string of the molecule is CCNS(=O)CC(C)(NC(=O)OCc1ccccc1)c1ccccc1F. The number of halogens is 1. The maximum Gasteiger partial charge on any atom is 0.408 e. The Balaban J connectivity index is 2.14. The number of benzene rings is 2. The third kappa shape index (κ3) is 5.64. The summed E-state index contributed by atoms with van der Waals surface area (Å²) in [6.45, 7) is 4.04. The van der Waals surface area contributed by atoms with Crippen molar-refractivity contribution in [1.82, 2.24) is 10.0 Å². The molecule has 0 saturated heterocycles. The van der Waals surface area contributed by atoms with Gasteiger partial charge in [0.2, 0.25) is 0 Å². The number of rotatable bonds is 8. The van der Waals surface area contributed by atoms with Gasteiger partial charge in [-0.25, -0.2) is 18.1 Å². The second-order valence-corrected chi connectivity index (χ2v) is 7.25. The predicted octanol–water partition coefficient (Wildman–Crippen LogP) is 3.24. The monoisotopic (exact) mass is 378 g/mol. The molecular weight excluding hydrogens is 355 g/mol. The fourth-order valence-corrected chi connectivity index (χ4v) is 3.72. The molecule has 0 aliphatic rings. The molecule has 5 nitrogen and oxygen atoms in total. The highest BCUT2D eigenvalue weighted by Crippen LogP contribution is 2.25. The van der Waals surface area contributed by atoms with Gasteiger partial charge < -0.3 is 10.1 Å². The molecule has 26 heavy (non-hydrogen) atoms. The lowest BCUT2D eigenvalue weighted by molar-refractivity contribution is 0.129. The number of carbonyl (C=O) groups is 1. The molecule has 0 fully saturated rings. The zero-order valence-corrected chi connectivity index (χ0v) is 15.6. The molecule has 2 N–H and O–H groups in total. The molecule has 1 amide bonds. The van der Waals surface area contributed by atoms with Gasteiger partial charge in [-0.2, -0.15) is 0 Å². The zero-order valence-electron chi connectivity index (χ0n) is 14.8.